The fourth-order valence-corrected chi connectivity index (χ4v) is 6.85. The Morgan fingerprint density at radius 2 is 1.86 bits per heavy atom. The van der Waals surface area contributed by atoms with Crippen LogP contribution in [0, 0.1) is 19.8 Å². The zero-order valence-corrected chi connectivity index (χ0v) is 30.3. The van der Waals surface area contributed by atoms with Crippen LogP contribution in [0.1, 0.15) is 61.8 Å². The number of sulfonamides is 1. The first-order chi connectivity index (χ1) is 23.2. The van der Waals surface area contributed by atoms with Crippen LogP contribution in [0.15, 0.2) is 51.9 Å². The van der Waals surface area contributed by atoms with Gasteiger partial charge in [-0.15, -0.1) is 0 Å². The number of rotatable bonds is 8. The second-order valence-corrected chi connectivity index (χ2v) is 15.0. The first-order valence-electron chi connectivity index (χ1n) is 16.3. The molecular formula is C34H46ClN5O8S. The number of nitrogens with one attached hydrogen (secondary N) is 2. The molecular weight excluding hydrogens is 674 g/mol. The number of aliphatic hydroxyl groups excluding tert-OH is 1. The minimum atomic E-state index is -3.86. The van der Waals surface area contributed by atoms with Crippen molar-refractivity contribution in [2.75, 3.05) is 44.0 Å². The molecule has 3 amide bonds. The Balaban J connectivity index is 1.63. The maximum atomic E-state index is 14.4. The summed E-state index contributed by atoms with van der Waals surface area (Å²) in [6.45, 7) is 9.16. The minimum absolute atomic E-state index is 0.0338. The van der Waals surface area contributed by atoms with E-state index in [-0.39, 0.29) is 42.2 Å². The molecule has 13 nitrogen and oxygen atoms in total. The molecule has 49 heavy (non-hydrogen) atoms. The fourth-order valence-electron chi connectivity index (χ4n) is 5.54. The Labute approximate surface area is 292 Å². The molecule has 3 aromatic rings. The summed E-state index contributed by atoms with van der Waals surface area (Å²) >= 11 is 5.98. The highest BCUT2D eigenvalue weighted by molar-refractivity contribution is 7.89. The second kappa shape index (κ2) is 16.8. The molecule has 0 unspecified atom stereocenters. The molecule has 15 heteroatoms. The van der Waals surface area contributed by atoms with E-state index in [0.717, 1.165) is 12.8 Å². The van der Waals surface area contributed by atoms with Gasteiger partial charge in [0.15, 0.2) is 5.76 Å². The van der Waals surface area contributed by atoms with Gasteiger partial charge in [0.1, 0.15) is 17.1 Å². The third-order valence-corrected chi connectivity index (χ3v) is 10.6. The number of anilines is 2. The number of nitrogens with zero attached hydrogens (tertiary/aromatic N) is 3. The molecule has 0 fully saturated rings. The van der Waals surface area contributed by atoms with Crippen LogP contribution in [0.5, 0.6) is 5.75 Å². The number of urea groups is 1. The number of halogens is 1. The number of likely N-dealkylation sites (N-methyl/N-ethyl adjacent to an activating group) is 1. The molecule has 0 saturated carbocycles. The molecule has 1 aliphatic heterocycles. The molecule has 4 rings (SSSR count). The number of ether oxygens (including phenoxy) is 2. The monoisotopic (exact) mass is 719 g/mol. The van der Waals surface area contributed by atoms with E-state index in [4.69, 9.17) is 25.6 Å². The Hall–Kier alpha value is -3.69. The molecule has 268 valence electrons. The van der Waals surface area contributed by atoms with Gasteiger partial charge >= 0.3 is 6.03 Å². The fraction of sp³-hybridized carbons (Fsp3) is 0.500. The number of hydrogen-bond acceptors (Lipinski definition) is 9. The van der Waals surface area contributed by atoms with Crippen LogP contribution in [0.2, 0.25) is 5.02 Å². The number of carbonyl (C=O) groups is 2. The molecule has 0 saturated heterocycles. The molecule has 1 aliphatic rings. The van der Waals surface area contributed by atoms with Crippen LogP contribution in [0.4, 0.5) is 16.2 Å². The van der Waals surface area contributed by atoms with Crippen molar-refractivity contribution in [2.45, 2.75) is 77.0 Å². The number of carbonyl (C=O) groups excluding carboxylic acids is 2. The van der Waals surface area contributed by atoms with Crippen LogP contribution in [-0.4, -0.2) is 91.4 Å². The lowest BCUT2D eigenvalue weighted by Gasteiger charge is -2.35. The van der Waals surface area contributed by atoms with Crippen molar-refractivity contribution in [3.8, 4) is 5.75 Å². The highest BCUT2D eigenvalue weighted by Crippen LogP contribution is 2.29. The van der Waals surface area contributed by atoms with Crippen LogP contribution < -0.4 is 15.4 Å². The van der Waals surface area contributed by atoms with Gasteiger partial charge in [-0.3, -0.25) is 4.79 Å². The van der Waals surface area contributed by atoms with Gasteiger partial charge in [-0.2, -0.15) is 4.31 Å². The smallest absolute Gasteiger partial charge is 0.323 e. The van der Waals surface area contributed by atoms with Crippen molar-refractivity contribution in [3.63, 3.8) is 0 Å². The van der Waals surface area contributed by atoms with Crippen LogP contribution in [0.3, 0.4) is 0 Å². The highest BCUT2D eigenvalue weighted by atomic mass is 35.5. The third kappa shape index (κ3) is 9.73. The molecule has 0 radical (unpaired) electrons. The topological polar surface area (TPSA) is 164 Å². The van der Waals surface area contributed by atoms with Gasteiger partial charge in [0.25, 0.3) is 5.91 Å². The molecule has 4 atom stereocenters. The Morgan fingerprint density at radius 1 is 1.14 bits per heavy atom. The van der Waals surface area contributed by atoms with E-state index < -0.39 is 34.1 Å². The number of amides is 3. The van der Waals surface area contributed by atoms with Crippen LogP contribution in [-0.2, 0) is 14.8 Å². The van der Waals surface area contributed by atoms with Crippen LogP contribution >= 0.6 is 11.6 Å². The number of aliphatic hydroxyl groups is 1. The SMILES string of the molecule is Cc1noc(C)c1NC(=O)Nc1ccc2c(c1)C(=O)N([C@H](C)CO)C[C@@H](C)[C@@H](CN(C)S(=O)(=O)c1ccc(Cl)cc1)OCCCC[C@H](C)O2. The van der Waals surface area contributed by atoms with Gasteiger partial charge < -0.3 is 34.6 Å². The number of fused-ring (bicyclic) bond motifs is 1. The average molecular weight is 720 g/mol. The van der Waals surface area contributed by atoms with E-state index in [0.29, 0.717) is 46.6 Å². The summed E-state index contributed by atoms with van der Waals surface area (Å²) in [7, 11) is -2.36. The molecule has 2 aromatic carbocycles. The van der Waals surface area contributed by atoms with E-state index in [2.05, 4.69) is 15.8 Å². The largest absolute Gasteiger partial charge is 0.490 e. The van der Waals surface area contributed by atoms with Gasteiger partial charge in [0.2, 0.25) is 10.0 Å². The average Bonchev–Trinajstić information content (AvgIpc) is 3.38. The summed E-state index contributed by atoms with van der Waals surface area (Å²) in [5, 5.41) is 20.0. The van der Waals surface area contributed by atoms with Crippen molar-refractivity contribution >= 4 is 44.9 Å². The molecule has 2 heterocycles. The third-order valence-electron chi connectivity index (χ3n) is 8.54. The van der Waals surface area contributed by atoms with E-state index in [9.17, 15) is 23.1 Å². The summed E-state index contributed by atoms with van der Waals surface area (Å²) in [5.74, 6) is 0.0151. The number of aromatic nitrogens is 1. The number of benzene rings is 2. The van der Waals surface area contributed by atoms with Gasteiger partial charge in [-0.05, 0) is 89.4 Å². The van der Waals surface area contributed by atoms with Crippen molar-refractivity contribution < 1.29 is 37.1 Å². The van der Waals surface area contributed by atoms with Gasteiger partial charge in [-0.25, -0.2) is 13.2 Å². The van der Waals surface area contributed by atoms with E-state index in [1.54, 1.807) is 39.0 Å². The predicted octanol–water partition coefficient (Wildman–Crippen LogP) is 5.71. The molecule has 0 spiro atoms. The Kier molecular flexibility index (Phi) is 13.1. The Morgan fingerprint density at radius 3 is 2.51 bits per heavy atom. The predicted molar refractivity (Wildman–Crippen MR) is 187 cm³/mol. The van der Waals surface area contributed by atoms with Crippen molar-refractivity contribution in [3.05, 3.63) is 64.5 Å². The van der Waals surface area contributed by atoms with Crippen molar-refractivity contribution in [1.29, 1.82) is 0 Å². The Bertz CT molecular complexity index is 1680. The summed E-state index contributed by atoms with van der Waals surface area (Å²) < 4.78 is 45.8. The summed E-state index contributed by atoms with van der Waals surface area (Å²) in [5.41, 5.74) is 1.51. The van der Waals surface area contributed by atoms with Gasteiger partial charge in [0, 0.05) is 43.4 Å². The lowest BCUT2D eigenvalue weighted by Crippen LogP contribution is -2.48. The standard InChI is InChI=1S/C34H46ClN5O8S/c1-21-18-40(22(2)20-41)33(42)29-17-27(36-34(43)37-32-24(4)38-48-25(32)5)12-15-30(29)47-23(3)9-7-8-16-46-31(21)19-39(6)49(44,45)28-13-10-26(35)11-14-28/h10-15,17,21-23,31,41H,7-9,16,18-20H2,1-6H3,(H2,36,37,43)/t21-,22-,23+,31-/m1/s1. The van der Waals surface area contributed by atoms with Gasteiger partial charge in [-0.1, -0.05) is 23.7 Å². The van der Waals surface area contributed by atoms with E-state index in [1.165, 1.54) is 40.5 Å². The van der Waals surface area contributed by atoms with E-state index >= 15 is 0 Å². The van der Waals surface area contributed by atoms with Gasteiger partial charge in [0.05, 0.1) is 35.3 Å². The molecule has 0 aliphatic carbocycles. The van der Waals surface area contributed by atoms with Crippen molar-refractivity contribution in [2.24, 2.45) is 5.92 Å². The summed E-state index contributed by atoms with van der Waals surface area (Å²) in [4.78, 5) is 28.9. The highest BCUT2D eigenvalue weighted by Gasteiger charge is 2.32. The van der Waals surface area contributed by atoms with Crippen molar-refractivity contribution in [1.82, 2.24) is 14.4 Å². The first-order valence-corrected chi connectivity index (χ1v) is 18.1. The van der Waals surface area contributed by atoms with E-state index in [1.807, 2.05) is 13.8 Å². The number of aryl methyl sites for hydroxylation is 2. The zero-order valence-electron chi connectivity index (χ0n) is 28.7. The lowest BCUT2D eigenvalue weighted by atomic mass is 10.0. The second-order valence-electron chi connectivity index (χ2n) is 12.5. The first kappa shape index (κ1) is 38.1. The molecule has 1 aromatic heterocycles. The maximum Gasteiger partial charge on any atom is 0.323 e. The van der Waals surface area contributed by atoms with Crippen LogP contribution in [0.25, 0.3) is 0 Å². The number of hydrogen-bond donors (Lipinski definition) is 3. The summed E-state index contributed by atoms with van der Waals surface area (Å²) in [6, 6.07) is 9.65. The maximum absolute atomic E-state index is 14.4. The molecule has 3 N–H and O–H groups in total. The minimum Gasteiger partial charge on any atom is -0.490 e. The normalized spacial score (nSPS) is 20.2. The quantitative estimate of drug-likeness (QED) is 0.265. The lowest BCUT2D eigenvalue weighted by molar-refractivity contribution is -0.00833. The molecule has 0 bridgehead atoms. The summed E-state index contributed by atoms with van der Waals surface area (Å²) in [6.07, 6.45) is 1.35. The zero-order chi connectivity index (χ0) is 35.9.